The van der Waals surface area contributed by atoms with Crippen LogP contribution in [-0.4, -0.2) is 76.2 Å². The van der Waals surface area contributed by atoms with E-state index in [-0.39, 0.29) is 60.7 Å². The van der Waals surface area contributed by atoms with Crippen molar-refractivity contribution < 1.29 is 28.7 Å². The largest absolute Gasteiger partial charge is 0.393 e. The monoisotopic (exact) mass is 662 g/mol. The number of aryl methyl sites for hydroxylation is 1. The van der Waals surface area contributed by atoms with Gasteiger partial charge in [-0.2, -0.15) is 0 Å². The van der Waals surface area contributed by atoms with Crippen LogP contribution in [0, 0.1) is 12.7 Å². The molecule has 0 saturated carbocycles. The van der Waals surface area contributed by atoms with Crippen molar-refractivity contribution in [2.75, 3.05) is 25.0 Å². The maximum atomic E-state index is 14.8. The molecule has 0 unspecified atom stereocenters. The lowest BCUT2D eigenvalue weighted by Gasteiger charge is -2.37. The third-order valence-electron chi connectivity index (χ3n) is 8.96. The standard InChI is InChI=1S/C36H40ClFN4O5/c1-23-19-31(29(38)21-28(23)37)40-35(46)30(15-18-41-16-13-27(43)14-17-41)39-36(47)32-20-25-9-5-6-10-26(25)22-42(32)34(45)12-11-33(44)24-7-3-2-4-8-24/h2-10,19,21,27,30,32,43H,11-18,20,22H2,1H3,(H,39,47)(H,40,46)/t30-,32-/m0/s1. The average Bonchev–Trinajstić information content (AvgIpc) is 3.08. The van der Waals surface area contributed by atoms with Gasteiger partial charge < -0.3 is 25.5 Å². The first kappa shape index (κ1) is 34.2. The quantitative estimate of drug-likeness (QED) is 0.257. The van der Waals surface area contributed by atoms with E-state index in [9.17, 15) is 28.7 Å². The van der Waals surface area contributed by atoms with Crippen molar-refractivity contribution in [3.8, 4) is 0 Å². The maximum absolute atomic E-state index is 14.8. The fourth-order valence-corrected chi connectivity index (χ4v) is 6.27. The molecule has 3 aromatic rings. The average molecular weight is 663 g/mol. The maximum Gasteiger partial charge on any atom is 0.247 e. The van der Waals surface area contributed by atoms with Crippen LogP contribution in [0.4, 0.5) is 10.1 Å². The second-order valence-corrected chi connectivity index (χ2v) is 12.7. The minimum atomic E-state index is -1.04. The number of rotatable bonds is 11. The van der Waals surface area contributed by atoms with Crippen LogP contribution in [0.1, 0.15) is 59.2 Å². The van der Waals surface area contributed by atoms with Gasteiger partial charge in [-0.3, -0.25) is 19.2 Å². The zero-order valence-corrected chi connectivity index (χ0v) is 27.1. The highest BCUT2D eigenvalue weighted by molar-refractivity contribution is 6.31. The summed E-state index contributed by atoms with van der Waals surface area (Å²) in [7, 11) is 0. The Bertz CT molecular complexity index is 1610. The van der Waals surface area contributed by atoms with Gasteiger partial charge in [0.25, 0.3) is 0 Å². The number of likely N-dealkylation sites (tertiary alicyclic amines) is 1. The Kier molecular flexibility index (Phi) is 11.4. The highest BCUT2D eigenvalue weighted by Gasteiger charge is 2.36. The molecule has 0 aromatic heterocycles. The summed E-state index contributed by atoms with van der Waals surface area (Å²) in [5, 5.41) is 15.6. The molecular formula is C36H40ClFN4O5. The number of benzene rings is 3. The molecule has 47 heavy (non-hydrogen) atoms. The lowest BCUT2D eigenvalue weighted by atomic mass is 9.92. The fourth-order valence-electron chi connectivity index (χ4n) is 6.12. The molecule has 3 N–H and O–H groups in total. The first-order valence-corrected chi connectivity index (χ1v) is 16.4. The summed E-state index contributed by atoms with van der Waals surface area (Å²) >= 11 is 6.05. The molecule has 0 bridgehead atoms. The highest BCUT2D eigenvalue weighted by atomic mass is 35.5. The molecule has 1 fully saturated rings. The number of hydrogen-bond acceptors (Lipinski definition) is 6. The van der Waals surface area contributed by atoms with Crippen molar-refractivity contribution in [3.63, 3.8) is 0 Å². The molecule has 3 amide bonds. The molecule has 248 valence electrons. The van der Waals surface area contributed by atoms with Crippen molar-refractivity contribution in [2.45, 2.75) is 70.2 Å². The summed E-state index contributed by atoms with van der Waals surface area (Å²) in [6.45, 7) is 3.65. The van der Waals surface area contributed by atoms with Gasteiger partial charge >= 0.3 is 0 Å². The summed E-state index contributed by atoms with van der Waals surface area (Å²) in [5.74, 6) is -2.31. The molecular weight excluding hydrogens is 623 g/mol. The minimum absolute atomic E-state index is 0.00301. The van der Waals surface area contributed by atoms with E-state index in [1.165, 1.54) is 11.0 Å². The van der Waals surface area contributed by atoms with E-state index < -0.39 is 29.7 Å². The van der Waals surface area contributed by atoms with Gasteiger partial charge in [0.15, 0.2) is 5.78 Å². The van der Waals surface area contributed by atoms with Gasteiger partial charge in [0.2, 0.25) is 17.7 Å². The van der Waals surface area contributed by atoms with Gasteiger partial charge in [-0.25, -0.2) is 4.39 Å². The van der Waals surface area contributed by atoms with E-state index in [0.29, 0.717) is 43.6 Å². The Hall–Kier alpha value is -4.12. The normalized spacial score (nSPS) is 17.4. The molecule has 0 radical (unpaired) electrons. The summed E-state index contributed by atoms with van der Waals surface area (Å²) in [6, 6.07) is 16.9. The Morgan fingerprint density at radius 1 is 0.979 bits per heavy atom. The van der Waals surface area contributed by atoms with Crippen LogP contribution in [-0.2, 0) is 27.3 Å². The van der Waals surface area contributed by atoms with Crippen molar-refractivity contribution in [1.82, 2.24) is 15.1 Å². The van der Waals surface area contributed by atoms with Crippen molar-refractivity contribution in [1.29, 1.82) is 0 Å². The number of ketones is 1. The topological polar surface area (TPSA) is 119 Å². The molecule has 2 atom stereocenters. The number of hydrogen-bond donors (Lipinski definition) is 3. The number of aliphatic hydroxyl groups excluding tert-OH is 1. The number of nitrogens with zero attached hydrogens (tertiary/aromatic N) is 2. The predicted molar refractivity (Wildman–Crippen MR) is 177 cm³/mol. The number of fused-ring (bicyclic) bond motifs is 1. The van der Waals surface area contributed by atoms with Gasteiger partial charge in [-0.15, -0.1) is 0 Å². The van der Waals surface area contributed by atoms with Crippen LogP contribution >= 0.6 is 11.6 Å². The van der Waals surface area contributed by atoms with Crippen molar-refractivity contribution in [3.05, 3.63) is 99.8 Å². The molecule has 9 nitrogen and oxygen atoms in total. The number of carbonyl (C=O) groups is 4. The van der Waals surface area contributed by atoms with Gasteiger partial charge in [-0.1, -0.05) is 66.2 Å². The Morgan fingerprint density at radius 3 is 2.38 bits per heavy atom. The smallest absolute Gasteiger partial charge is 0.247 e. The van der Waals surface area contributed by atoms with Crippen LogP contribution < -0.4 is 10.6 Å². The van der Waals surface area contributed by atoms with Crippen LogP contribution in [0.2, 0.25) is 5.02 Å². The van der Waals surface area contributed by atoms with Crippen molar-refractivity contribution in [2.24, 2.45) is 0 Å². The van der Waals surface area contributed by atoms with Crippen LogP contribution in [0.25, 0.3) is 0 Å². The molecule has 1 saturated heterocycles. The first-order chi connectivity index (χ1) is 22.6. The van der Waals surface area contributed by atoms with Crippen LogP contribution in [0.3, 0.4) is 0 Å². The lowest BCUT2D eigenvalue weighted by molar-refractivity contribution is -0.142. The van der Waals surface area contributed by atoms with E-state index in [1.54, 1.807) is 31.2 Å². The van der Waals surface area contributed by atoms with Gasteiger partial charge in [0.1, 0.15) is 17.9 Å². The first-order valence-electron chi connectivity index (χ1n) is 16.0. The zero-order chi connectivity index (χ0) is 33.5. The van der Waals surface area contributed by atoms with Crippen LogP contribution in [0.15, 0.2) is 66.7 Å². The number of aliphatic hydroxyl groups is 1. The summed E-state index contributed by atoms with van der Waals surface area (Å²) in [6.07, 6.45) is 1.26. The fraction of sp³-hybridized carbons (Fsp3) is 0.389. The molecule has 2 aliphatic heterocycles. The Balaban J connectivity index is 1.34. The van der Waals surface area contributed by atoms with E-state index >= 15 is 0 Å². The molecule has 0 aliphatic carbocycles. The number of anilines is 1. The molecule has 2 aliphatic rings. The summed E-state index contributed by atoms with van der Waals surface area (Å²) in [5.41, 5.74) is 2.88. The van der Waals surface area contributed by atoms with E-state index in [1.807, 2.05) is 30.3 Å². The van der Waals surface area contributed by atoms with Crippen LogP contribution in [0.5, 0.6) is 0 Å². The van der Waals surface area contributed by atoms with E-state index in [0.717, 1.165) is 17.2 Å². The number of carbonyl (C=O) groups excluding carboxylic acids is 4. The SMILES string of the molecule is Cc1cc(NC(=O)[C@H](CCN2CCC(O)CC2)NC(=O)[C@@H]2Cc3ccccc3CN2C(=O)CCC(=O)c2ccccc2)c(F)cc1Cl. The predicted octanol–water partition coefficient (Wildman–Crippen LogP) is 4.67. The van der Waals surface area contributed by atoms with E-state index in [2.05, 4.69) is 15.5 Å². The second kappa shape index (κ2) is 15.6. The molecule has 0 spiro atoms. The number of piperidine rings is 1. The molecule has 5 rings (SSSR count). The van der Waals surface area contributed by atoms with Gasteiger partial charge in [-0.05, 0) is 55.0 Å². The lowest BCUT2D eigenvalue weighted by Crippen LogP contribution is -2.56. The molecule has 3 aromatic carbocycles. The summed E-state index contributed by atoms with van der Waals surface area (Å²) < 4.78 is 14.8. The van der Waals surface area contributed by atoms with Crippen molar-refractivity contribution >= 4 is 40.8 Å². The van der Waals surface area contributed by atoms with E-state index in [4.69, 9.17) is 11.6 Å². The second-order valence-electron chi connectivity index (χ2n) is 12.3. The minimum Gasteiger partial charge on any atom is -0.393 e. The number of nitrogens with one attached hydrogen (secondary N) is 2. The van der Waals surface area contributed by atoms with Gasteiger partial charge in [0, 0.05) is 56.0 Å². The number of amides is 3. The van der Waals surface area contributed by atoms with Gasteiger partial charge in [0.05, 0.1) is 11.8 Å². The number of halogens is 2. The summed E-state index contributed by atoms with van der Waals surface area (Å²) in [4.78, 5) is 57.6. The third kappa shape index (κ3) is 8.82. The number of Topliss-reactive ketones (excluding diaryl/α,β-unsaturated/α-hetero) is 1. The Labute approximate surface area is 279 Å². The zero-order valence-electron chi connectivity index (χ0n) is 26.4. The third-order valence-corrected chi connectivity index (χ3v) is 9.37. The molecule has 2 heterocycles. The highest BCUT2D eigenvalue weighted by Crippen LogP contribution is 2.26. The molecule has 11 heteroatoms. The Morgan fingerprint density at radius 2 is 1.66 bits per heavy atom.